The number of rotatable bonds is 0. The van der Waals surface area contributed by atoms with Gasteiger partial charge in [-0.15, -0.1) is 0 Å². The van der Waals surface area contributed by atoms with Crippen LogP contribution in [0.15, 0.2) is 42.5 Å². The lowest BCUT2D eigenvalue weighted by molar-refractivity contribution is 0.639. The van der Waals surface area contributed by atoms with Crippen molar-refractivity contribution in [2.75, 3.05) is 5.32 Å². The predicted molar refractivity (Wildman–Crippen MR) is 76.5 cm³/mol. The Hall–Kier alpha value is -1.70. The van der Waals surface area contributed by atoms with Gasteiger partial charge in [0.05, 0.1) is 0 Å². The molecular weight excluding hydrogens is 205 g/mol. The van der Waals surface area contributed by atoms with Crippen LogP contribution in [0.3, 0.4) is 0 Å². The zero-order valence-electron chi connectivity index (χ0n) is 10.5. The smallest absolute Gasteiger partial charge is 0.142 e. The lowest BCUT2D eigenvalue weighted by Gasteiger charge is -2.36. The maximum atomic E-state index is 3.56. The molecule has 3 rings (SSSR count). The van der Waals surface area contributed by atoms with E-state index < -0.39 is 0 Å². The van der Waals surface area contributed by atoms with Crippen molar-refractivity contribution in [2.45, 2.75) is 19.3 Å². The first kappa shape index (κ1) is 10.5. The summed E-state index contributed by atoms with van der Waals surface area (Å²) in [7, 11) is 2.16. The molecule has 0 aromatic heterocycles. The fourth-order valence-electron chi connectivity index (χ4n) is 2.77. The van der Waals surface area contributed by atoms with Gasteiger partial charge in [0, 0.05) is 16.8 Å². The molecule has 17 heavy (non-hydrogen) atoms. The molecule has 0 saturated carbocycles. The van der Waals surface area contributed by atoms with E-state index in [2.05, 4.69) is 69.5 Å². The van der Waals surface area contributed by atoms with E-state index in [1.165, 1.54) is 28.0 Å². The summed E-state index contributed by atoms with van der Waals surface area (Å²) in [6.07, 6.45) is 0. The van der Waals surface area contributed by atoms with Crippen molar-refractivity contribution < 1.29 is 0 Å². The standard InChI is InChI=1S/C15H16BN/c1-15(2)10-6-3-4-9-13(10)17-14-11(15)7-5-8-12(14)16/h3-9,17H,16H2,1-2H3. The van der Waals surface area contributed by atoms with Crippen molar-refractivity contribution in [2.24, 2.45) is 0 Å². The van der Waals surface area contributed by atoms with E-state index in [0.717, 1.165) is 0 Å². The van der Waals surface area contributed by atoms with Crippen LogP contribution in [0.5, 0.6) is 0 Å². The average molecular weight is 221 g/mol. The van der Waals surface area contributed by atoms with Crippen LogP contribution in [0.1, 0.15) is 25.0 Å². The summed E-state index contributed by atoms with van der Waals surface area (Å²) in [6, 6.07) is 15.1. The van der Waals surface area contributed by atoms with Gasteiger partial charge in [0.25, 0.3) is 0 Å². The fraction of sp³-hybridized carbons (Fsp3) is 0.200. The number of anilines is 2. The molecule has 1 heterocycles. The Bertz CT molecular complexity index is 587. The van der Waals surface area contributed by atoms with Crippen molar-refractivity contribution in [3.8, 4) is 0 Å². The monoisotopic (exact) mass is 221 g/mol. The molecule has 0 saturated heterocycles. The Morgan fingerprint density at radius 3 is 2.47 bits per heavy atom. The molecule has 0 spiro atoms. The van der Waals surface area contributed by atoms with Crippen molar-refractivity contribution in [3.63, 3.8) is 0 Å². The summed E-state index contributed by atoms with van der Waals surface area (Å²) in [4.78, 5) is 0. The summed E-state index contributed by atoms with van der Waals surface area (Å²) in [5.41, 5.74) is 6.65. The Morgan fingerprint density at radius 1 is 0.941 bits per heavy atom. The van der Waals surface area contributed by atoms with Gasteiger partial charge < -0.3 is 5.32 Å². The van der Waals surface area contributed by atoms with Crippen LogP contribution in [-0.2, 0) is 5.41 Å². The molecule has 1 N–H and O–H groups in total. The third-order valence-electron chi connectivity index (χ3n) is 3.81. The third kappa shape index (κ3) is 1.40. The molecule has 1 nitrogen and oxygen atoms in total. The zero-order valence-corrected chi connectivity index (χ0v) is 10.5. The highest BCUT2D eigenvalue weighted by Gasteiger charge is 2.32. The van der Waals surface area contributed by atoms with Crippen LogP contribution in [0.4, 0.5) is 11.4 Å². The summed E-state index contributed by atoms with van der Waals surface area (Å²) in [5, 5.41) is 3.56. The largest absolute Gasteiger partial charge is 0.355 e. The van der Waals surface area contributed by atoms with Crippen molar-refractivity contribution >= 4 is 24.7 Å². The molecule has 2 aromatic rings. The van der Waals surface area contributed by atoms with Gasteiger partial charge in [-0.25, -0.2) is 0 Å². The highest BCUT2D eigenvalue weighted by Crippen LogP contribution is 2.43. The van der Waals surface area contributed by atoms with E-state index >= 15 is 0 Å². The van der Waals surface area contributed by atoms with Gasteiger partial charge in [-0.3, -0.25) is 0 Å². The van der Waals surface area contributed by atoms with E-state index in [9.17, 15) is 0 Å². The van der Waals surface area contributed by atoms with Gasteiger partial charge in [-0.1, -0.05) is 55.7 Å². The molecule has 0 bridgehead atoms. The minimum Gasteiger partial charge on any atom is -0.355 e. The minimum atomic E-state index is 0.0726. The number of nitrogens with one attached hydrogen (secondary N) is 1. The molecule has 0 fully saturated rings. The molecule has 0 unspecified atom stereocenters. The van der Waals surface area contributed by atoms with Crippen molar-refractivity contribution in [1.82, 2.24) is 0 Å². The number of fused-ring (bicyclic) bond motifs is 2. The van der Waals surface area contributed by atoms with Crippen LogP contribution >= 0.6 is 0 Å². The first-order chi connectivity index (χ1) is 8.10. The van der Waals surface area contributed by atoms with Crippen molar-refractivity contribution in [3.05, 3.63) is 53.6 Å². The van der Waals surface area contributed by atoms with Crippen LogP contribution < -0.4 is 10.8 Å². The average Bonchev–Trinajstić information content (AvgIpc) is 2.31. The lowest BCUT2D eigenvalue weighted by atomic mass is 9.72. The number of hydrogen-bond donors (Lipinski definition) is 1. The number of hydrogen-bond acceptors (Lipinski definition) is 1. The molecule has 2 aromatic carbocycles. The Balaban J connectivity index is 2.31. The first-order valence-corrected chi connectivity index (χ1v) is 6.07. The Labute approximate surface area is 103 Å². The van der Waals surface area contributed by atoms with Gasteiger partial charge in [-0.2, -0.15) is 0 Å². The number of benzene rings is 2. The second kappa shape index (κ2) is 3.40. The van der Waals surface area contributed by atoms with Gasteiger partial charge in [-0.05, 0) is 17.2 Å². The van der Waals surface area contributed by atoms with E-state index in [1.807, 2.05) is 0 Å². The normalized spacial score (nSPS) is 15.6. The summed E-state index contributed by atoms with van der Waals surface area (Å²) in [6.45, 7) is 4.59. The molecule has 0 atom stereocenters. The molecule has 2 heteroatoms. The maximum Gasteiger partial charge on any atom is 0.142 e. The zero-order chi connectivity index (χ0) is 12.0. The molecule has 84 valence electrons. The van der Waals surface area contributed by atoms with E-state index in [-0.39, 0.29) is 5.41 Å². The minimum absolute atomic E-state index is 0.0726. The van der Waals surface area contributed by atoms with E-state index in [1.54, 1.807) is 0 Å². The first-order valence-electron chi connectivity index (χ1n) is 6.07. The summed E-state index contributed by atoms with van der Waals surface area (Å²) in [5.74, 6) is 0. The number of para-hydroxylation sites is 2. The topological polar surface area (TPSA) is 12.0 Å². The van der Waals surface area contributed by atoms with Crippen LogP contribution in [-0.4, -0.2) is 7.85 Å². The van der Waals surface area contributed by atoms with Gasteiger partial charge in [0.1, 0.15) is 7.85 Å². The van der Waals surface area contributed by atoms with E-state index in [0.29, 0.717) is 0 Å². The summed E-state index contributed by atoms with van der Waals surface area (Å²) < 4.78 is 0. The van der Waals surface area contributed by atoms with Crippen LogP contribution in [0.25, 0.3) is 0 Å². The Kier molecular flexibility index (Phi) is 2.09. The van der Waals surface area contributed by atoms with Gasteiger partial charge in [0.2, 0.25) is 0 Å². The van der Waals surface area contributed by atoms with E-state index in [4.69, 9.17) is 0 Å². The van der Waals surface area contributed by atoms with Crippen molar-refractivity contribution in [1.29, 1.82) is 0 Å². The fourth-order valence-corrected chi connectivity index (χ4v) is 2.77. The third-order valence-corrected chi connectivity index (χ3v) is 3.81. The maximum absolute atomic E-state index is 3.56. The van der Waals surface area contributed by atoms with Gasteiger partial charge in [0.15, 0.2) is 0 Å². The SMILES string of the molecule is Bc1cccc2c1Nc1ccccc1C2(C)C. The molecule has 0 amide bonds. The summed E-state index contributed by atoms with van der Waals surface area (Å²) >= 11 is 0. The second-order valence-electron chi connectivity index (χ2n) is 5.29. The Morgan fingerprint density at radius 2 is 1.65 bits per heavy atom. The quantitative estimate of drug-likeness (QED) is 0.673. The predicted octanol–water partition coefficient (Wildman–Crippen LogP) is 2.33. The molecule has 1 aliphatic rings. The van der Waals surface area contributed by atoms with Crippen LogP contribution in [0, 0.1) is 0 Å². The van der Waals surface area contributed by atoms with Gasteiger partial charge >= 0.3 is 0 Å². The molecule has 0 aliphatic carbocycles. The van der Waals surface area contributed by atoms with Crippen LogP contribution in [0.2, 0.25) is 0 Å². The lowest BCUT2D eigenvalue weighted by Crippen LogP contribution is -2.29. The molecule has 1 aliphatic heterocycles. The molecular formula is C15H16BN. The highest BCUT2D eigenvalue weighted by molar-refractivity contribution is 6.36. The highest BCUT2D eigenvalue weighted by atomic mass is 14.9. The molecule has 0 radical (unpaired) electrons. The second-order valence-corrected chi connectivity index (χ2v) is 5.29.